The lowest BCUT2D eigenvalue weighted by atomic mass is 9.98. The molecule has 0 saturated heterocycles. The van der Waals surface area contributed by atoms with E-state index >= 15 is 0 Å². The molecule has 0 aliphatic rings. The zero-order valence-corrected chi connectivity index (χ0v) is 15.4. The molecule has 0 radical (unpaired) electrons. The number of carbonyl (C=O) groups is 1. The molecule has 0 spiro atoms. The Kier molecular flexibility index (Phi) is 4.43. The highest BCUT2D eigenvalue weighted by atomic mass is 16.1. The number of carbonyl (C=O) groups excluding carboxylic acids is 1. The van der Waals surface area contributed by atoms with Crippen LogP contribution in [-0.2, 0) is 0 Å². The Morgan fingerprint density at radius 2 is 1.30 bits per heavy atom. The van der Waals surface area contributed by atoms with E-state index in [1.54, 1.807) is 0 Å². The normalized spacial score (nSPS) is 10.7. The molecule has 1 heterocycles. The van der Waals surface area contributed by atoms with Gasteiger partial charge in [0.2, 0.25) is 0 Å². The van der Waals surface area contributed by atoms with Crippen molar-refractivity contribution in [1.82, 2.24) is 9.78 Å². The van der Waals surface area contributed by atoms with Crippen LogP contribution in [0, 0.1) is 13.8 Å². The van der Waals surface area contributed by atoms with E-state index in [1.807, 2.05) is 96.5 Å². The highest BCUT2D eigenvalue weighted by molar-refractivity contribution is 6.09. The molecule has 0 aliphatic heterocycles. The van der Waals surface area contributed by atoms with Gasteiger partial charge in [-0.15, -0.1) is 0 Å². The minimum Gasteiger partial charge on any atom is -0.289 e. The van der Waals surface area contributed by atoms with Crippen LogP contribution in [0.3, 0.4) is 0 Å². The van der Waals surface area contributed by atoms with E-state index in [2.05, 4.69) is 6.92 Å². The van der Waals surface area contributed by atoms with Gasteiger partial charge in [0.05, 0.1) is 11.4 Å². The van der Waals surface area contributed by atoms with Crippen LogP contribution in [0.15, 0.2) is 84.9 Å². The first-order chi connectivity index (χ1) is 13.1. The second-order valence-electron chi connectivity index (χ2n) is 6.57. The van der Waals surface area contributed by atoms with Gasteiger partial charge in [0, 0.05) is 22.4 Å². The van der Waals surface area contributed by atoms with Crippen LogP contribution in [0.2, 0.25) is 0 Å². The smallest absolute Gasteiger partial charge is 0.193 e. The number of para-hydroxylation sites is 1. The molecule has 3 heteroatoms. The van der Waals surface area contributed by atoms with Crippen LogP contribution in [0.1, 0.15) is 27.3 Å². The minimum absolute atomic E-state index is 0.0376. The monoisotopic (exact) mass is 352 g/mol. The largest absolute Gasteiger partial charge is 0.289 e. The molecule has 1 aromatic heterocycles. The van der Waals surface area contributed by atoms with E-state index in [0.29, 0.717) is 11.1 Å². The van der Waals surface area contributed by atoms with E-state index in [0.717, 1.165) is 28.2 Å². The van der Waals surface area contributed by atoms with Crippen LogP contribution in [0.5, 0.6) is 0 Å². The van der Waals surface area contributed by atoms with Crippen LogP contribution in [-0.4, -0.2) is 15.6 Å². The van der Waals surface area contributed by atoms with Crippen LogP contribution in [0.25, 0.3) is 16.8 Å². The molecule has 4 aromatic rings. The molecule has 0 aliphatic carbocycles. The quantitative estimate of drug-likeness (QED) is 0.462. The van der Waals surface area contributed by atoms with E-state index < -0.39 is 0 Å². The predicted octanol–water partition coefficient (Wildman–Crippen LogP) is 5.39. The molecule has 3 aromatic carbocycles. The Labute approximate surface area is 158 Å². The molecular formula is C24H20N2O. The third-order valence-corrected chi connectivity index (χ3v) is 4.76. The number of ketones is 1. The second kappa shape index (κ2) is 7.04. The van der Waals surface area contributed by atoms with Crippen LogP contribution >= 0.6 is 0 Å². The molecule has 132 valence electrons. The van der Waals surface area contributed by atoms with Crippen molar-refractivity contribution in [1.29, 1.82) is 0 Å². The van der Waals surface area contributed by atoms with Crippen molar-refractivity contribution >= 4 is 5.78 Å². The minimum atomic E-state index is 0.0376. The van der Waals surface area contributed by atoms with Crippen LogP contribution < -0.4 is 0 Å². The topological polar surface area (TPSA) is 34.9 Å². The summed E-state index contributed by atoms with van der Waals surface area (Å²) in [6.07, 6.45) is 0. The molecule has 0 unspecified atom stereocenters. The van der Waals surface area contributed by atoms with Crippen molar-refractivity contribution in [3.05, 3.63) is 107 Å². The Hall–Kier alpha value is -3.46. The standard InChI is InChI=1S/C24H20N2O/c1-17-23(18(2)26(25-17)22-11-7-4-8-12-22)19-13-15-21(16-14-19)24(27)20-9-5-3-6-10-20/h3-16H,1-2H3. The Balaban J connectivity index is 1.69. The van der Waals surface area contributed by atoms with Gasteiger partial charge >= 0.3 is 0 Å². The van der Waals surface area contributed by atoms with Crippen molar-refractivity contribution in [2.75, 3.05) is 0 Å². The summed E-state index contributed by atoms with van der Waals surface area (Å²) in [5.74, 6) is 0.0376. The maximum absolute atomic E-state index is 12.6. The average molecular weight is 352 g/mol. The molecule has 0 amide bonds. The summed E-state index contributed by atoms with van der Waals surface area (Å²) in [4.78, 5) is 12.6. The average Bonchev–Trinajstić information content (AvgIpc) is 3.03. The van der Waals surface area contributed by atoms with Gasteiger partial charge in [-0.05, 0) is 31.5 Å². The number of hydrogen-bond donors (Lipinski definition) is 0. The molecule has 0 fully saturated rings. The highest BCUT2D eigenvalue weighted by Crippen LogP contribution is 2.29. The van der Waals surface area contributed by atoms with Gasteiger partial charge in [-0.1, -0.05) is 72.8 Å². The van der Waals surface area contributed by atoms with E-state index in [-0.39, 0.29) is 5.78 Å². The first kappa shape index (κ1) is 17.0. The van der Waals surface area contributed by atoms with Crippen LogP contribution in [0.4, 0.5) is 0 Å². The fraction of sp³-hybridized carbons (Fsp3) is 0.0833. The summed E-state index contributed by atoms with van der Waals surface area (Å²) in [7, 11) is 0. The second-order valence-corrected chi connectivity index (χ2v) is 6.57. The van der Waals surface area contributed by atoms with Gasteiger partial charge in [0.1, 0.15) is 0 Å². The number of hydrogen-bond acceptors (Lipinski definition) is 2. The summed E-state index contributed by atoms with van der Waals surface area (Å²) in [5, 5.41) is 4.71. The molecule has 0 atom stereocenters. The van der Waals surface area contributed by atoms with Gasteiger partial charge < -0.3 is 0 Å². The van der Waals surface area contributed by atoms with E-state index in [4.69, 9.17) is 5.10 Å². The van der Waals surface area contributed by atoms with E-state index in [1.165, 1.54) is 0 Å². The number of aromatic nitrogens is 2. The molecule has 4 rings (SSSR count). The number of nitrogens with zero attached hydrogens (tertiary/aromatic N) is 2. The first-order valence-electron chi connectivity index (χ1n) is 8.97. The zero-order valence-electron chi connectivity index (χ0n) is 15.4. The lowest BCUT2D eigenvalue weighted by molar-refractivity contribution is 0.103. The van der Waals surface area contributed by atoms with Crippen molar-refractivity contribution < 1.29 is 4.79 Å². The maximum Gasteiger partial charge on any atom is 0.193 e. The Morgan fingerprint density at radius 3 is 1.93 bits per heavy atom. The van der Waals surface area contributed by atoms with Gasteiger partial charge in [-0.2, -0.15) is 5.10 Å². The van der Waals surface area contributed by atoms with E-state index in [9.17, 15) is 4.79 Å². The molecule has 0 bridgehead atoms. The van der Waals surface area contributed by atoms with Gasteiger partial charge in [-0.3, -0.25) is 4.79 Å². The fourth-order valence-corrected chi connectivity index (χ4v) is 3.43. The highest BCUT2D eigenvalue weighted by Gasteiger charge is 2.15. The van der Waals surface area contributed by atoms with Crippen molar-refractivity contribution in [2.24, 2.45) is 0 Å². The van der Waals surface area contributed by atoms with Crippen molar-refractivity contribution in [3.63, 3.8) is 0 Å². The summed E-state index contributed by atoms with van der Waals surface area (Å²) in [6.45, 7) is 4.09. The fourth-order valence-electron chi connectivity index (χ4n) is 3.43. The summed E-state index contributed by atoms with van der Waals surface area (Å²) in [6, 6.07) is 27.3. The van der Waals surface area contributed by atoms with Gasteiger partial charge in [0.25, 0.3) is 0 Å². The molecule has 0 N–H and O–H groups in total. The summed E-state index contributed by atoms with van der Waals surface area (Å²) >= 11 is 0. The molecule has 27 heavy (non-hydrogen) atoms. The summed E-state index contributed by atoms with van der Waals surface area (Å²) in [5.41, 5.74) is 6.67. The van der Waals surface area contributed by atoms with Crippen molar-refractivity contribution in [2.45, 2.75) is 13.8 Å². The third kappa shape index (κ3) is 3.20. The lowest BCUT2D eigenvalue weighted by Crippen LogP contribution is -2.00. The molecule has 3 nitrogen and oxygen atoms in total. The summed E-state index contributed by atoms with van der Waals surface area (Å²) < 4.78 is 1.97. The van der Waals surface area contributed by atoms with Crippen molar-refractivity contribution in [3.8, 4) is 16.8 Å². The maximum atomic E-state index is 12.6. The number of benzene rings is 3. The zero-order chi connectivity index (χ0) is 18.8. The number of rotatable bonds is 4. The Bertz CT molecular complexity index is 1080. The van der Waals surface area contributed by atoms with Gasteiger partial charge in [-0.25, -0.2) is 4.68 Å². The molecular weight excluding hydrogens is 332 g/mol. The number of aryl methyl sites for hydroxylation is 1. The third-order valence-electron chi connectivity index (χ3n) is 4.76. The molecule has 0 saturated carbocycles. The predicted molar refractivity (Wildman–Crippen MR) is 108 cm³/mol. The van der Waals surface area contributed by atoms with Gasteiger partial charge in [0.15, 0.2) is 5.78 Å². The first-order valence-corrected chi connectivity index (χ1v) is 8.97. The lowest BCUT2D eigenvalue weighted by Gasteiger charge is -2.07. The Morgan fingerprint density at radius 1 is 0.741 bits per heavy atom. The SMILES string of the molecule is Cc1nn(-c2ccccc2)c(C)c1-c1ccc(C(=O)c2ccccc2)cc1.